The van der Waals surface area contributed by atoms with Crippen LogP contribution in [0.15, 0.2) is 0 Å². The summed E-state index contributed by atoms with van der Waals surface area (Å²) in [5.74, 6) is 0.297. The monoisotopic (exact) mass is 229 g/mol. The van der Waals surface area contributed by atoms with Crippen molar-refractivity contribution in [2.45, 2.75) is 25.8 Å². The minimum atomic E-state index is -0.821. The molecular formula is C10H19N3O3. The van der Waals surface area contributed by atoms with Crippen molar-refractivity contribution in [1.29, 1.82) is 0 Å². The van der Waals surface area contributed by atoms with E-state index in [-0.39, 0.29) is 18.6 Å². The zero-order chi connectivity index (χ0) is 12.0. The van der Waals surface area contributed by atoms with Gasteiger partial charge >= 0.3 is 6.09 Å². The number of nitrogens with two attached hydrogens (primary N) is 1. The van der Waals surface area contributed by atoms with Crippen LogP contribution in [0.25, 0.3) is 0 Å². The Morgan fingerprint density at radius 3 is 2.94 bits per heavy atom. The van der Waals surface area contributed by atoms with Crippen LogP contribution >= 0.6 is 0 Å². The predicted octanol–water partition coefficient (Wildman–Crippen LogP) is -0.414. The van der Waals surface area contributed by atoms with Gasteiger partial charge in [0.2, 0.25) is 5.91 Å². The lowest BCUT2D eigenvalue weighted by Crippen LogP contribution is -2.51. The smallest absolute Gasteiger partial charge is 0.404 e. The van der Waals surface area contributed by atoms with Gasteiger partial charge in [0, 0.05) is 0 Å². The number of primary amides is 1. The lowest BCUT2D eigenvalue weighted by molar-refractivity contribution is -0.125. The van der Waals surface area contributed by atoms with E-state index in [0.29, 0.717) is 12.5 Å². The number of ether oxygens (including phenoxy) is 1. The lowest BCUT2D eigenvalue weighted by Gasteiger charge is -2.28. The topological polar surface area (TPSA) is 93.4 Å². The molecule has 2 amide bonds. The minimum absolute atomic E-state index is 0.0414. The Balaban J connectivity index is 2.20. The normalized spacial score (nSPS) is 24.8. The minimum Gasteiger partial charge on any atom is -0.448 e. The van der Waals surface area contributed by atoms with Crippen LogP contribution in [0.3, 0.4) is 0 Å². The highest BCUT2D eigenvalue weighted by Crippen LogP contribution is 2.15. The van der Waals surface area contributed by atoms with E-state index < -0.39 is 6.09 Å². The second-order valence-corrected chi connectivity index (χ2v) is 4.01. The molecule has 1 saturated heterocycles. The van der Waals surface area contributed by atoms with E-state index in [1.807, 2.05) is 0 Å². The van der Waals surface area contributed by atoms with E-state index in [1.165, 1.54) is 0 Å². The fraction of sp³-hybridized carbons (Fsp3) is 0.800. The molecule has 0 aromatic carbocycles. The second-order valence-electron chi connectivity index (χ2n) is 4.01. The zero-order valence-electron chi connectivity index (χ0n) is 9.49. The number of amides is 2. The molecule has 16 heavy (non-hydrogen) atoms. The Bertz CT molecular complexity index is 258. The molecule has 1 aliphatic rings. The quantitative estimate of drug-likeness (QED) is 0.571. The molecule has 4 N–H and O–H groups in total. The number of carbonyl (C=O) groups excluding carboxylic acids is 2. The van der Waals surface area contributed by atoms with Crippen molar-refractivity contribution < 1.29 is 14.3 Å². The van der Waals surface area contributed by atoms with Crippen LogP contribution in [-0.4, -0.2) is 37.7 Å². The molecule has 1 fully saturated rings. The zero-order valence-corrected chi connectivity index (χ0v) is 9.49. The number of carbonyl (C=O) groups is 2. The number of rotatable bonds is 4. The first-order chi connectivity index (χ1) is 7.61. The third-order valence-electron chi connectivity index (χ3n) is 2.70. The summed E-state index contributed by atoms with van der Waals surface area (Å²) in [5, 5.41) is 5.88. The van der Waals surface area contributed by atoms with Gasteiger partial charge in [-0.2, -0.15) is 0 Å². The summed E-state index contributed by atoms with van der Waals surface area (Å²) in [7, 11) is 0. The molecule has 0 radical (unpaired) electrons. The van der Waals surface area contributed by atoms with E-state index in [4.69, 9.17) is 5.73 Å². The summed E-state index contributed by atoms with van der Waals surface area (Å²) in [4.78, 5) is 22.0. The number of hydrogen-bond donors (Lipinski definition) is 3. The molecule has 0 aliphatic carbocycles. The molecule has 6 heteroatoms. The van der Waals surface area contributed by atoms with Crippen LogP contribution in [0.2, 0.25) is 0 Å². The largest absolute Gasteiger partial charge is 0.448 e. The van der Waals surface area contributed by atoms with Crippen LogP contribution < -0.4 is 16.4 Å². The average Bonchev–Trinajstić information content (AvgIpc) is 2.24. The van der Waals surface area contributed by atoms with Gasteiger partial charge in [0.15, 0.2) is 0 Å². The van der Waals surface area contributed by atoms with Gasteiger partial charge in [-0.1, -0.05) is 6.92 Å². The Morgan fingerprint density at radius 1 is 1.56 bits per heavy atom. The molecule has 92 valence electrons. The molecule has 1 rings (SSSR count). The number of nitrogens with one attached hydrogen (secondary N) is 2. The Morgan fingerprint density at radius 2 is 2.31 bits per heavy atom. The molecular weight excluding hydrogens is 210 g/mol. The highest BCUT2D eigenvalue weighted by Gasteiger charge is 2.26. The summed E-state index contributed by atoms with van der Waals surface area (Å²) in [6, 6.07) is -0.137. The summed E-state index contributed by atoms with van der Waals surface area (Å²) < 4.78 is 4.51. The molecule has 0 spiro atoms. The molecule has 0 bridgehead atoms. The van der Waals surface area contributed by atoms with Gasteiger partial charge in [0.05, 0.1) is 12.6 Å². The molecule has 0 aromatic heterocycles. The van der Waals surface area contributed by atoms with Gasteiger partial charge in [-0.25, -0.2) is 4.79 Å². The van der Waals surface area contributed by atoms with Gasteiger partial charge < -0.3 is 21.1 Å². The Hall–Kier alpha value is -1.30. The van der Waals surface area contributed by atoms with Crippen LogP contribution in [0, 0.1) is 5.92 Å². The summed E-state index contributed by atoms with van der Waals surface area (Å²) in [6.07, 6.45) is 1.34. The fourth-order valence-corrected chi connectivity index (χ4v) is 1.84. The van der Waals surface area contributed by atoms with E-state index in [2.05, 4.69) is 22.3 Å². The molecule has 2 unspecified atom stereocenters. The maximum atomic E-state index is 11.7. The van der Waals surface area contributed by atoms with Gasteiger partial charge in [0.1, 0.15) is 6.61 Å². The summed E-state index contributed by atoms with van der Waals surface area (Å²) in [5.41, 5.74) is 4.79. The van der Waals surface area contributed by atoms with Gasteiger partial charge in [-0.3, -0.25) is 4.79 Å². The average molecular weight is 229 g/mol. The lowest BCUT2D eigenvalue weighted by atomic mass is 9.92. The molecule has 1 aliphatic heterocycles. The third-order valence-corrected chi connectivity index (χ3v) is 2.70. The van der Waals surface area contributed by atoms with Crippen LogP contribution in [0.1, 0.15) is 19.8 Å². The third kappa shape index (κ3) is 4.06. The molecule has 1 heterocycles. The SMILES string of the molecule is CC1CCCNC1C(=O)NCCOC(N)=O. The van der Waals surface area contributed by atoms with E-state index in [1.54, 1.807) is 0 Å². The van der Waals surface area contributed by atoms with Gasteiger partial charge in [-0.05, 0) is 25.3 Å². The van der Waals surface area contributed by atoms with Crippen molar-refractivity contribution in [3.63, 3.8) is 0 Å². The first-order valence-corrected chi connectivity index (χ1v) is 5.54. The van der Waals surface area contributed by atoms with E-state index in [9.17, 15) is 9.59 Å². The van der Waals surface area contributed by atoms with E-state index >= 15 is 0 Å². The first kappa shape index (κ1) is 12.8. The first-order valence-electron chi connectivity index (χ1n) is 5.54. The Kier molecular flexibility index (Phi) is 5.04. The van der Waals surface area contributed by atoms with Crippen molar-refractivity contribution >= 4 is 12.0 Å². The van der Waals surface area contributed by atoms with Crippen LogP contribution in [0.4, 0.5) is 4.79 Å². The highest BCUT2D eigenvalue weighted by atomic mass is 16.5. The van der Waals surface area contributed by atoms with Crippen molar-refractivity contribution in [1.82, 2.24) is 10.6 Å². The molecule has 0 saturated carbocycles. The van der Waals surface area contributed by atoms with Crippen LogP contribution in [0.5, 0.6) is 0 Å². The standard InChI is InChI=1S/C10H19N3O3/c1-7-3-2-4-12-8(7)9(14)13-5-6-16-10(11)15/h7-8,12H,2-6H2,1H3,(H2,11,15)(H,13,14). The maximum absolute atomic E-state index is 11.7. The van der Waals surface area contributed by atoms with Crippen molar-refractivity contribution in [3.8, 4) is 0 Å². The van der Waals surface area contributed by atoms with Crippen molar-refractivity contribution in [2.24, 2.45) is 11.7 Å². The van der Waals surface area contributed by atoms with Crippen LogP contribution in [-0.2, 0) is 9.53 Å². The molecule has 2 atom stereocenters. The fourth-order valence-electron chi connectivity index (χ4n) is 1.84. The van der Waals surface area contributed by atoms with Gasteiger partial charge in [0.25, 0.3) is 0 Å². The van der Waals surface area contributed by atoms with Crippen molar-refractivity contribution in [2.75, 3.05) is 19.7 Å². The number of hydrogen-bond acceptors (Lipinski definition) is 4. The summed E-state index contributed by atoms with van der Waals surface area (Å²) in [6.45, 7) is 3.34. The predicted molar refractivity (Wildman–Crippen MR) is 58.7 cm³/mol. The molecule has 0 aromatic rings. The van der Waals surface area contributed by atoms with Crippen molar-refractivity contribution in [3.05, 3.63) is 0 Å². The maximum Gasteiger partial charge on any atom is 0.404 e. The number of piperidine rings is 1. The molecule has 6 nitrogen and oxygen atoms in total. The Labute approximate surface area is 94.9 Å². The second kappa shape index (κ2) is 6.32. The highest BCUT2D eigenvalue weighted by molar-refractivity contribution is 5.82. The summed E-state index contributed by atoms with van der Waals surface area (Å²) >= 11 is 0. The van der Waals surface area contributed by atoms with Gasteiger partial charge in [-0.15, -0.1) is 0 Å². The van der Waals surface area contributed by atoms with E-state index in [0.717, 1.165) is 19.4 Å².